The zero-order valence-electron chi connectivity index (χ0n) is 13.0. The van der Waals surface area contributed by atoms with Crippen LogP contribution in [0.4, 0.5) is 5.95 Å². The number of piperidine rings is 1. The number of likely N-dealkylation sites (N-methyl/N-ethyl adjacent to an activating group) is 1. The molecule has 2 atom stereocenters. The molecule has 3 rings (SSSR count). The Hall–Kier alpha value is -1.72. The van der Waals surface area contributed by atoms with Gasteiger partial charge in [-0.1, -0.05) is 13.8 Å². The molecular weight excluding hydrogens is 266 g/mol. The molecule has 2 aliphatic heterocycles. The van der Waals surface area contributed by atoms with Crippen molar-refractivity contribution in [2.45, 2.75) is 45.6 Å². The van der Waals surface area contributed by atoms with Crippen LogP contribution in [0.25, 0.3) is 0 Å². The highest BCUT2D eigenvalue weighted by Gasteiger charge is 2.44. The van der Waals surface area contributed by atoms with E-state index in [0.717, 1.165) is 50.2 Å². The molecule has 0 saturated carbocycles. The fourth-order valence-corrected chi connectivity index (χ4v) is 3.52. The van der Waals surface area contributed by atoms with Crippen LogP contribution in [0.3, 0.4) is 0 Å². The number of hydrogen-bond acceptors (Lipinski definition) is 5. The Kier molecular flexibility index (Phi) is 3.78. The van der Waals surface area contributed by atoms with E-state index in [1.165, 1.54) is 0 Å². The van der Waals surface area contributed by atoms with E-state index in [9.17, 15) is 4.79 Å². The molecule has 0 spiro atoms. The number of amides is 1. The van der Waals surface area contributed by atoms with Gasteiger partial charge in [0.15, 0.2) is 0 Å². The Labute approximate surface area is 125 Å². The maximum absolute atomic E-state index is 12.2. The molecule has 0 unspecified atom stereocenters. The van der Waals surface area contributed by atoms with Crippen molar-refractivity contribution in [1.29, 1.82) is 0 Å². The Bertz CT molecular complexity index is 547. The van der Waals surface area contributed by atoms with Crippen LogP contribution in [-0.2, 0) is 17.6 Å². The summed E-state index contributed by atoms with van der Waals surface area (Å²) in [5, 5.41) is 8.67. The van der Waals surface area contributed by atoms with E-state index in [0.29, 0.717) is 5.95 Å². The topological polar surface area (TPSA) is 62.2 Å². The highest BCUT2D eigenvalue weighted by molar-refractivity contribution is 5.82. The van der Waals surface area contributed by atoms with Crippen LogP contribution >= 0.6 is 0 Å². The average Bonchev–Trinajstić information content (AvgIpc) is 2.81. The van der Waals surface area contributed by atoms with Crippen LogP contribution in [0.5, 0.6) is 0 Å². The number of aryl methyl sites for hydroxylation is 2. The lowest BCUT2D eigenvalue weighted by atomic mass is 9.92. The molecule has 6 nitrogen and oxygen atoms in total. The van der Waals surface area contributed by atoms with Gasteiger partial charge in [-0.3, -0.25) is 4.79 Å². The minimum atomic E-state index is 0.100. The predicted molar refractivity (Wildman–Crippen MR) is 80.1 cm³/mol. The van der Waals surface area contributed by atoms with Gasteiger partial charge in [0.2, 0.25) is 11.9 Å². The van der Waals surface area contributed by atoms with E-state index in [4.69, 9.17) is 4.98 Å². The van der Waals surface area contributed by atoms with Gasteiger partial charge in [-0.2, -0.15) is 5.10 Å². The smallest absolute Gasteiger partial charge is 0.245 e. The van der Waals surface area contributed by atoms with Gasteiger partial charge in [-0.05, 0) is 25.7 Å². The second kappa shape index (κ2) is 5.58. The van der Waals surface area contributed by atoms with Gasteiger partial charge in [-0.15, -0.1) is 5.10 Å². The van der Waals surface area contributed by atoms with Crippen LogP contribution in [0.15, 0.2) is 0 Å². The van der Waals surface area contributed by atoms with Gasteiger partial charge in [0.25, 0.3) is 0 Å². The summed E-state index contributed by atoms with van der Waals surface area (Å²) in [4.78, 5) is 20.9. The summed E-state index contributed by atoms with van der Waals surface area (Å²) >= 11 is 0. The van der Waals surface area contributed by atoms with Crippen molar-refractivity contribution in [3.8, 4) is 0 Å². The lowest BCUT2D eigenvalue weighted by Crippen LogP contribution is -2.46. The maximum atomic E-state index is 12.2. The van der Waals surface area contributed by atoms with E-state index < -0.39 is 0 Å². The summed E-state index contributed by atoms with van der Waals surface area (Å²) in [5.41, 5.74) is 2.01. The number of hydrogen-bond donors (Lipinski definition) is 0. The molecule has 21 heavy (non-hydrogen) atoms. The molecule has 0 aliphatic carbocycles. The first-order valence-corrected chi connectivity index (χ1v) is 7.89. The van der Waals surface area contributed by atoms with Gasteiger partial charge in [0.05, 0.1) is 23.3 Å². The van der Waals surface area contributed by atoms with Crippen LogP contribution in [0.1, 0.15) is 38.1 Å². The molecule has 6 heteroatoms. The Morgan fingerprint density at radius 1 is 1.19 bits per heavy atom. The summed E-state index contributed by atoms with van der Waals surface area (Å²) in [6.45, 7) is 5.85. The fourth-order valence-electron chi connectivity index (χ4n) is 3.52. The van der Waals surface area contributed by atoms with Gasteiger partial charge in [-0.25, -0.2) is 4.98 Å². The molecule has 1 amide bonds. The van der Waals surface area contributed by atoms with Crippen LogP contribution in [-0.4, -0.2) is 52.2 Å². The molecule has 1 aromatic rings. The van der Waals surface area contributed by atoms with Crippen LogP contribution in [0.2, 0.25) is 0 Å². The molecule has 114 valence electrons. The number of carbonyl (C=O) groups excluding carboxylic acids is 1. The van der Waals surface area contributed by atoms with Crippen molar-refractivity contribution < 1.29 is 4.79 Å². The van der Waals surface area contributed by atoms with E-state index >= 15 is 0 Å². The van der Waals surface area contributed by atoms with E-state index in [1.54, 1.807) is 0 Å². The molecule has 0 bridgehead atoms. The highest BCUT2D eigenvalue weighted by atomic mass is 16.2. The first-order chi connectivity index (χ1) is 10.2. The normalized spacial score (nSPS) is 25.4. The monoisotopic (exact) mass is 289 g/mol. The summed E-state index contributed by atoms with van der Waals surface area (Å²) in [7, 11) is 1.88. The molecular formula is C15H23N5O. The number of carbonyl (C=O) groups is 1. The fraction of sp³-hybridized carbons (Fsp3) is 0.733. The quantitative estimate of drug-likeness (QED) is 0.832. The second-order valence-electron chi connectivity index (χ2n) is 5.94. The predicted octanol–water partition coefficient (Wildman–Crippen LogP) is 1.05. The maximum Gasteiger partial charge on any atom is 0.245 e. The van der Waals surface area contributed by atoms with Crippen molar-refractivity contribution in [3.63, 3.8) is 0 Å². The highest BCUT2D eigenvalue weighted by Crippen LogP contribution is 2.32. The van der Waals surface area contributed by atoms with Gasteiger partial charge in [0.1, 0.15) is 0 Å². The SMILES string of the molecule is CCc1nnc(N2CCC[C@H]3C(=O)N(C)C[C@H]32)nc1CC. The summed E-state index contributed by atoms with van der Waals surface area (Å²) in [6.07, 6.45) is 3.72. The van der Waals surface area contributed by atoms with E-state index in [-0.39, 0.29) is 17.9 Å². The average molecular weight is 289 g/mol. The summed E-state index contributed by atoms with van der Waals surface area (Å²) in [5.74, 6) is 1.06. The standard InChI is InChI=1S/C15H23N5O/c1-4-11-12(5-2)17-18-15(16-11)20-8-6-7-10-13(20)9-19(3)14(10)21/h10,13H,4-9H2,1-3H3/t10-,13-/m1/s1. The van der Waals surface area contributed by atoms with E-state index in [2.05, 4.69) is 28.9 Å². The second-order valence-corrected chi connectivity index (χ2v) is 5.94. The largest absolute Gasteiger partial charge is 0.343 e. The molecule has 2 fully saturated rings. The Morgan fingerprint density at radius 3 is 2.67 bits per heavy atom. The lowest BCUT2D eigenvalue weighted by molar-refractivity contribution is -0.130. The van der Waals surface area contributed by atoms with Crippen molar-refractivity contribution >= 4 is 11.9 Å². The Balaban J connectivity index is 1.91. The molecule has 0 aromatic carbocycles. The number of aromatic nitrogens is 3. The minimum Gasteiger partial charge on any atom is -0.343 e. The Morgan fingerprint density at radius 2 is 1.95 bits per heavy atom. The third kappa shape index (κ3) is 2.36. The third-order valence-corrected chi connectivity index (χ3v) is 4.69. The molecule has 2 aliphatic rings. The number of anilines is 1. The zero-order chi connectivity index (χ0) is 15.0. The van der Waals surface area contributed by atoms with Crippen molar-refractivity contribution in [2.24, 2.45) is 5.92 Å². The number of fused-ring (bicyclic) bond motifs is 1. The van der Waals surface area contributed by atoms with E-state index in [1.807, 2.05) is 11.9 Å². The molecule has 0 radical (unpaired) electrons. The molecule has 0 N–H and O–H groups in total. The minimum absolute atomic E-state index is 0.100. The number of nitrogens with zero attached hydrogens (tertiary/aromatic N) is 5. The van der Waals surface area contributed by atoms with Crippen LogP contribution in [0, 0.1) is 5.92 Å². The van der Waals surface area contributed by atoms with Crippen molar-refractivity contribution in [1.82, 2.24) is 20.1 Å². The van der Waals surface area contributed by atoms with Crippen molar-refractivity contribution in [3.05, 3.63) is 11.4 Å². The van der Waals surface area contributed by atoms with Crippen molar-refractivity contribution in [2.75, 3.05) is 25.0 Å². The van der Waals surface area contributed by atoms with Crippen LogP contribution < -0.4 is 4.90 Å². The zero-order valence-corrected chi connectivity index (χ0v) is 13.0. The van der Waals surface area contributed by atoms with Gasteiger partial charge >= 0.3 is 0 Å². The van der Waals surface area contributed by atoms with Gasteiger partial charge in [0, 0.05) is 20.1 Å². The lowest BCUT2D eigenvalue weighted by Gasteiger charge is -2.35. The number of rotatable bonds is 3. The first-order valence-electron chi connectivity index (χ1n) is 7.89. The number of likely N-dealkylation sites (tertiary alicyclic amines) is 1. The molecule has 1 aromatic heterocycles. The first kappa shape index (κ1) is 14.2. The molecule has 3 heterocycles. The third-order valence-electron chi connectivity index (χ3n) is 4.69. The van der Waals surface area contributed by atoms with Gasteiger partial charge < -0.3 is 9.80 Å². The summed E-state index contributed by atoms with van der Waals surface area (Å²) in [6, 6.07) is 0.204. The summed E-state index contributed by atoms with van der Waals surface area (Å²) < 4.78 is 0. The molecule has 2 saturated heterocycles.